The third kappa shape index (κ3) is 3.67. The predicted molar refractivity (Wildman–Crippen MR) is 95.7 cm³/mol. The number of halogens is 1. The molecule has 1 heterocycles. The summed E-state index contributed by atoms with van der Waals surface area (Å²) in [6, 6.07) is 16.2. The standard InChI is InChI=1S/C16H13BrN2S2/c17-14-8-12(18)6-7-15(14)20-9-13-10-21-16(19-13)11-4-2-1-3-5-11/h1-8,10H,9,18H2. The molecule has 5 heteroatoms. The lowest BCUT2D eigenvalue weighted by molar-refractivity contribution is 1.23. The zero-order valence-electron chi connectivity index (χ0n) is 11.1. The number of anilines is 1. The maximum Gasteiger partial charge on any atom is 0.123 e. The van der Waals surface area contributed by atoms with E-state index in [0.29, 0.717) is 0 Å². The molecular formula is C16H13BrN2S2. The number of nitrogens with zero attached hydrogens (tertiary/aromatic N) is 1. The topological polar surface area (TPSA) is 38.9 Å². The van der Waals surface area contributed by atoms with Crippen LogP contribution >= 0.6 is 39.0 Å². The van der Waals surface area contributed by atoms with Crippen molar-refractivity contribution in [3.63, 3.8) is 0 Å². The summed E-state index contributed by atoms with van der Waals surface area (Å²) in [5, 5.41) is 3.20. The SMILES string of the molecule is Nc1ccc(SCc2csc(-c3ccccc3)n2)c(Br)c1. The molecule has 0 bridgehead atoms. The van der Waals surface area contributed by atoms with E-state index in [-0.39, 0.29) is 0 Å². The predicted octanol–water partition coefficient (Wildman–Crippen LogP) is 5.45. The van der Waals surface area contributed by atoms with Crippen molar-refractivity contribution in [3.8, 4) is 10.6 Å². The van der Waals surface area contributed by atoms with Crippen LogP contribution in [0, 0.1) is 0 Å². The molecule has 0 radical (unpaired) electrons. The summed E-state index contributed by atoms with van der Waals surface area (Å²) in [4.78, 5) is 5.88. The summed E-state index contributed by atoms with van der Waals surface area (Å²) in [6.45, 7) is 0. The summed E-state index contributed by atoms with van der Waals surface area (Å²) >= 11 is 6.99. The monoisotopic (exact) mass is 376 g/mol. The van der Waals surface area contributed by atoms with Crippen LogP contribution in [-0.4, -0.2) is 4.98 Å². The van der Waals surface area contributed by atoms with Gasteiger partial charge in [-0.1, -0.05) is 30.3 Å². The van der Waals surface area contributed by atoms with Crippen LogP contribution < -0.4 is 5.73 Å². The molecule has 3 rings (SSSR count). The summed E-state index contributed by atoms with van der Waals surface area (Å²) in [7, 11) is 0. The van der Waals surface area contributed by atoms with Crippen molar-refractivity contribution in [2.24, 2.45) is 0 Å². The van der Waals surface area contributed by atoms with Crippen LogP contribution in [0.3, 0.4) is 0 Å². The minimum absolute atomic E-state index is 0.770. The fraction of sp³-hybridized carbons (Fsp3) is 0.0625. The van der Waals surface area contributed by atoms with E-state index in [9.17, 15) is 0 Å². The Morgan fingerprint density at radius 2 is 1.95 bits per heavy atom. The van der Waals surface area contributed by atoms with Crippen LogP contribution in [0.5, 0.6) is 0 Å². The van der Waals surface area contributed by atoms with Crippen molar-refractivity contribution in [1.82, 2.24) is 4.98 Å². The normalized spacial score (nSPS) is 10.7. The second-order valence-electron chi connectivity index (χ2n) is 4.49. The molecule has 0 saturated heterocycles. The van der Waals surface area contributed by atoms with E-state index < -0.39 is 0 Å². The molecule has 21 heavy (non-hydrogen) atoms. The first-order valence-corrected chi connectivity index (χ1v) is 9.06. The van der Waals surface area contributed by atoms with Crippen molar-refractivity contribution in [2.75, 3.05) is 5.73 Å². The van der Waals surface area contributed by atoms with Crippen LogP contribution in [0.15, 0.2) is 63.3 Å². The Morgan fingerprint density at radius 1 is 1.14 bits per heavy atom. The van der Waals surface area contributed by atoms with E-state index in [1.165, 1.54) is 10.5 Å². The van der Waals surface area contributed by atoms with Gasteiger partial charge in [-0.3, -0.25) is 0 Å². The number of hydrogen-bond acceptors (Lipinski definition) is 4. The van der Waals surface area contributed by atoms with Gasteiger partial charge in [0.15, 0.2) is 0 Å². The molecule has 2 aromatic carbocycles. The zero-order chi connectivity index (χ0) is 14.7. The van der Waals surface area contributed by atoms with E-state index >= 15 is 0 Å². The summed E-state index contributed by atoms with van der Waals surface area (Å²) in [5.41, 5.74) is 8.80. The molecule has 0 unspecified atom stereocenters. The van der Waals surface area contributed by atoms with E-state index in [1.54, 1.807) is 23.1 Å². The number of rotatable bonds is 4. The van der Waals surface area contributed by atoms with Gasteiger partial charge in [0.25, 0.3) is 0 Å². The number of hydrogen-bond donors (Lipinski definition) is 1. The quantitative estimate of drug-likeness (QED) is 0.486. The third-order valence-electron chi connectivity index (χ3n) is 2.90. The van der Waals surface area contributed by atoms with Gasteiger partial charge in [0, 0.05) is 31.8 Å². The summed E-state index contributed by atoms with van der Waals surface area (Å²) in [6.07, 6.45) is 0. The molecule has 1 aromatic heterocycles. The Balaban J connectivity index is 1.70. The minimum Gasteiger partial charge on any atom is -0.399 e. The molecule has 0 atom stereocenters. The van der Waals surface area contributed by atoms with E-state index in [4.69, 9.17) is 10.7 Å². The van der Waals surface area contributed by atoms with Crippen LogP contribution in [0.1, 0.15) is 5.69 Å². The highest BCUT2D eigenvalue weighted by atomic mass is 79.9. The smallest absolute Gasteiger partial charge is 0.123 e. The summed E-state index contributed by atoms with van der Waals surface area (Å²) < 4.78 is 1.03. The highest BCUT2D eigenvalue weighted by Crippen LogP contribution is 2.32. The van der Waals surface area contributed by atoms with Gasteiger partial charge in [-0.15, -0.1) is 23.1 Å². The van der Waals surface area contributed by atoms with Gasteiger partial charge in [-0.25, -0.2) is 4.98 Å². The lowest BCUT2D eigenvalue weighted by atomic mass is 10.2. The largest absolute Gasteiger partial charge is 0.399 e. The van der Waals surface area contributed by atoms with Crippen LogP contribution in [0.2, 0.25) is 0 Å². The van der Waals surface area contributed by atoms with Gasteiger partial charge in [0.05, 0.1) is 5.69 Å². The van der Waals surface area contributed by atoms with Gasteiger partial charge in [-0.2, -0.15) is 0 Å². The van der Waals surface area contributed by atoms with E-state index in [0.717, 1.165) is 26.6 Å². The maximum atomic E-state index is 5.75. The molecule has 0 saturated carbocycles. The second kappa shape index (κ2) is 6.64. The van der Waals surface area contributed by atoms with E-state index in [1.807, 2.05) is 36.4 Å². The number of nitrogen functional groups attached to an aromatic ring is 1. The molecule has 2 nitrogen and oxygen atoms in total. The van der Waals surface area contributed by atoms with Gasteiger partial charge in [0.1, 0.15) is 5.01 Å². The minimum atomic E-state index is 0.770. The highest BCUT2D eigenvalue weighted by molar-refractivity contribution is 9.10. The maximum absolute atomic E-state index is 5.75. The second-order valence-corrected chi connectivity index (χ2v) is 7.22. The van der Waals surface area contributed by atoms with Crippen molar-refractivity contribution in [3.05, 3.63) is 64.1 Å². The number of aromatic nitrogens is 1. The first kappa shape index (κ1) is 14.6. The molecule has 0 fully saturated rings. The first-order valence-electron chi connectivity index (χ1n) is 6.40. The lowest BCUT2D eigenvalue weighted by Gasteiger charge is -2.03. The number of thiazole rings is 1. The third-order valence-corrected chi connectivity index (χ3v) is 5.87. The number of nitrogens with two attached hydrogens (primary N) is 1. The average Bonchev–Trinajstić information content (AvgIpc) is 2.96. The molecule has 0 amide bonds. The molecule has 0 spiro atoms. The van der Waals surface area contributed by atoms with Crippen LogP contribution in [0.25, 0.3) is 10.6 Å². The number of thioether (sulfide) groups is 1. The number of benzene rings is 2. The first-order chi connectivity index (χ1) is 10.2. The van der Waals surface area contributed by atoms with Crippen molar-refractivity contribution in [2.45, 2.75) is 10.6 Å². The van der Waals surface area contributed by atoms with Gasteiger partial charge in [0.2, 0.25) is 0 Å². The molecule has 0 aliphatic heterocycles. The lowest BCUT2D eigenvalue weighted by Crippen LogP contribution is -1.86. The Bertz CT molecular complexity index is 741. The molecule has 106 valence electrons. The Kier molecular flexibility index (Phi) is 4.63. The van der Waals surface area contributed by atoms with Crippen molar-refractivity contribution in [1.29, 1.82) is 0 Å². The Labute approximate surface area is 140 Å². The summed E-state index contributed by atoms with van der Waals surface area (Å²) in [5.74, 6) is 0.853. The van der Waals surface area contributed by atoms with Crippen LogP contribution in [0.4, 0.5) is 5.69 Å². The Hall–Kier alpha value is -1.30. The van der Waals surface area contributed by atoms with E-state index in [2.05, 4.69) is 33.4 Å². The average molecular weight is 377 g/mol. The molecule has 0 aliphatic carbocycles. The molecular weight excluding hydrogens is 364 g/mol. The van der Waals surface area contributed by atoms with Crippen LogP contribution in [-0.2, 0) is 5.75 Å². The van der Waals surface area contributed by atoms with Gasteiger partial charge in [-0.05, 0) is 34.1 Å². The van der Waals surface area contributed by atoms with Gasteiger partial charge < -0.3 is 5.73 Å². The molecule has 3 aromatic rings. The fourth-order valence-corrected chi connectivity index (χ4v) is 4.36. The van der Waals surface area contributed by atoms with Gasteiger partial charge >= 0.3 is 0 Å². The van der Waals surface area contributed by atoms with Crippen molar-refractivity contribution < 1.29 is 0 Å². The molecule has 2 N–H and O–H groups in total. The Morgan fingerprint density at radius 3 is 2.71 bits per heavy atom. The molecule has 0 aliphatic rings. The van der Waals surface area contributed by atoms with Crippen molar-refractivity contribution >= 4 is 44.7 Å². The fourth-order valence-electron chi connectivity index (χ4n) is 1.87. The zero-order valence-corrected chi connectivity index (χ0v) is 14.3. The highest BCUT2D eigenvalue weighted by Gasteiger charge is 2.06.